The molecule has 0 fully saturated rings. The number of aromatic nitrogens is 2. The van der Waals surface area contributed by atoms with Gasteiger partial charge in [0.2, 0.25) is 0 Å². The van der Waals surface area contributed by atoms with Crippen molar-refractivity contribution in [2.75, 3.05) is 5.32 Å². The maximum atomic E-state index is 12.4. The number of allylic oxidation sites excluding steroid dienone is 3. The molecule has 1 aliphatic carbocycles. The molecule has 1 aromatic heterocycles. The second kappa shape index (κ2) is 7.76. The SMILES string of the molecule is CC(O)Cn1cc(C(=O)Nc2ccc(C3=C4C=CC=CC4C(=O)N=N3)cc2)cn1. The van der Waals surface area contributed by atoms with Gasteiger partial charge in [-0.2, -0.15) is 5.10 Å². The van der Waals surface area contributed by atoms with E-state index in [0.29, 0.717) is 23.5 Å². The maximum Gasteiger partial charge on any atom is 0.276 e. The number of nitrogens with one attached hydrogen (secondary N) is 1. The van der Waals surface area contributed by atoms with E-state index in [-0.39, 0.29) is 11.8 Å². The van der Waals surface area contributed by atoms with E-state index < -0.39 is 12.0 Å². The van der Waals surface area contributed by atoms with Crippen LogP contribution in [0.5, 0.6) is 0 Å². The van der Waals surface area contributed by atoms with Gasteiger partial charge in [0.25, 0.3) is 11.8 Å². The summed E-state index contributed by atoms with van der Waals surface area (Å²) in [4.78, 5) is 24.3. The fourth-order valence-electron chi connectivity index (χ4n) is 3.19. The first kappa shape index (κ1) is 18.7. The molecule has 0 radical (unpaired) electrons. The number of carbonyl (C=O) groups excluding carboxylic acids is 2. The molecule has 146 valence electrons. The quantitative estimate of drug-likeness (QED) is 0.819. The zero-order valence-corrected chi connectivity index (χ0v) is 15.7. The zero-order chi connectivity index (χ0) is 20.4. The first-order valence-electron chi connectivity index (χ1n) is 9.18. The van der Waals surface area contributed by atoms with E-state index in [1.807, 2.05) is 36.4 Å². The highest BCUT2D eigenvalue weighted by Gasteiger charge is 2.27. The molecule has 8 nitrogen and oxygen atoms in total. The van der Waals surface area contributed by atoms with Gasteiger partial charge in [-0.1, -0.05) is 36.4 Å². The zero-order valence-electron chi connectivity index (χ0n) is 15.7. The van der Waals surface area contributed by atoms with Crippen LogP contribution < -0.4 is 5.32 Å². The highest BCUT2D eigenvalue weighted by atomic mass is 16.3. The van der Waals surface area contributed by atoms with Gasteiger partial charge in [-0.15, -0.1) is 10.2 Å². The predicted octanol–water partition coefficient (Wildman–Crippen LogP) is 2.96. The molecule has 2 aromatic rings. The molecule has 0 spiro atoms. The van der Waals surface area contributed by atoms with Gasteiger partial charge >= 0.3 is 0 Å². The van der Waals surface area contributed by atoms with Crippen LogP contribution in [0.2, 0.25) is 0 Å². The second-order valence-corrected chi connectivity index (χ2v) is 6.90. The van der Waals surface area contributed by atoms with Gasteiger partial charge < -0.3 is 10.4 Å². The summed E-state index contributed by atoms with van der Waals surface area (Å²) in [5.74, 6) is -0.964. The minimum Gasteiger partial charge on any atom is -0.391 e. The summed E-state index contributed by atoms with van der Waals surface area (Å²) in [6.45, 7) is 1.98. The van der Waals surface area contributed by atoms with Crippen LogP contribution in [0.25, 0.3) is 5.70 Å². The number of nitrogens with zero attached hydrogens (tertiary/aromatic N) is 4. The van der Waals surface area contributed by atoms with E-state index in [1.165, 1.54) is 10.9 Å². The first-order chi connectivity index (χ1) is 14.0. The van der Waals surface area contributed by atoms with E-state index in [4.69, 9.17) is 0 Å². The summed E-state index contributed by atoms with van der Waals surface area (Å²) in [5.41, 5.74) is 3.29. The average Bonchev–Trinajstić information content (AvgIpc) is 3.17. The molecule has 0 saturated heterocycles. The minimum atomic E-state index is -0.546. The highest BCUT2D eigenvalue weighted by Crippen LogP contribution is 2.34. The molecule has 2 N–H and O–H groups in total. The number of hydrogen-bond donors (Lipinski definition) is 2. The van der Waals surface area contributed by atoms with Crippen molar-refractivity contribution in [3.05, 3.63) is 77.7 Å². The standard InChI is InChI=1S/C21H19N5O3/c1-13(27)11-26-12-15(10-22-26)20(28)23-16-8-6-14(7-9-16)19-17-4-2-3-5-18(17)21(29)25-24-19/h2-10,12-13,18,27H,11H2,1H3,(H,23,28). The summed E-state index contributed by atoms with van der Waals surface area (Å²) in [5, 5.41) is 24.1. The van der Waals surface area contributed by atoms with E-state index in [1.54, 1.807) is 25.3 Å². The molecule has 1 aliphatic heterocycles. The number of anilines is 1. The van der Waals surface area contributed by atoms with Crippen LogP contribution in [0.3, 0.4) is 0 Å². The smallest absolute Gasteiger partial charge is 0.276 e. The lowest BCUT2D eigenvalue weighted by atomic mass is 9.89. The Morgan fingerprint density at radius 1 is 1.24 bits per heavy atom. The Bertz CT molecular complexity index is 1070. The average molecular weight is 389 g/mol. The van der Waals surface area contributed by atoms with Crippen molar-refractivity contribution in [1.82, 2.24) is 9.78 Å². The summed E-state index contributed by atoms with van der Waals surface area (Å²) < 4.78 is 1.52. The van der Waals surface area contributed by atoms with Crippen LogP contribution in [-0.4, -0.2) is 32.8 Å². The van der Waals surface area contributed by atoms with Crippen molar-refractivity contribution in [3.8, 4) is 0 Å². The van der Waals surface area contributed by atoms with Crippen molar-refractivity contribution < 1.29 is 14.7 Å². The van der Waals surface area contributed by atoms with Gasteiger partial charge in [0, 0.05) is 17.4 Å². The third-order valence-electron chi connectivity index (χ3n) is 4.58. The van der Waals surface area contributed by atoms with Crippen molar-refractivity contribution in [3.63, 3.8) is 0 Å². The molecule has 2 atom stereocenters. The Kier molecular flexibility index (Phi) is 5.01. The van der Waals surface area contributed by atoms with Crippen molar-refractivity contribution in [2.45, 2.75) is 19.6 Å². The van der Waals surface area contributed by atoms with Crippen LogP contribution >= 0.6 is 0 Å². The summed E-state index contributed by atoms with van der Waals surface area (Å²) in [6.07, 6.45) is 9.87. The molecule has 29 heavy (non-hydrogen) atoms. The lowest BCUT2D eigenvalue weighted by molar-refractivity contribution is -0.119. The molecule has 1 aromatic carbocycles. The molecular formula is C21H19N5O3. The molecule has 2 aliphatic rings. The molecular weight excluding hydrogens is 370 g/mol. The number of aliphatic hydroxyl groups is 1. The number of aliphatic hydroxyl groups excluding tert-OH is 1. The Morgan fingerprint density at radius 3 is 2.79 bits per heavy atom. The van der Waals surface area contributed by atoms with Crippen molar-refractivity contribution in [2.24, 2.45) is 16.1 Å². The van der Waals surface area contributed by atoms with Crippen LogP contribution in [-0.2, 0) is 11.3 Å². The van der Waals surface area contributed by atoms with E-state index in [2.05, 4.69) is 20.6 Å². The number of azo groups is 1. The Morgan fingerprint density at radius 2 is 2.03 bits per heavy atom. The molecule has 4 rings (SSSR count). The van der Waals surface area contributed by atoms with E-state index in [0.717, 1.165) is 11.1 Å². The first-order valence-corrected chi connectivity index (χ1v) is 9.18. The van der Waals surface area contributed by atoms with Gasteiger partial charge in [0.15, 0.2) is 0 Å². The van der Waals surface area contributed by atoms with Gasteiger partial charge in [-0.25, -0.2) is 0 Å². The van der Waals surface area contributed by atoms with Crippen LogP contribution in [0.1, 0.15) is 22.8 Å². The summed E-state index contributed by atoms with van der Waals surface area (Å²) >= 11 is 0. The molecule has 2 heterocycles. The fraction of sp³-hybridized carbons (Fsp3) is 0.190. The highest BCUT2D eigenvalue weighted by molar-refractivity contribution is 6.04. The molecule has 2 unspecified atom stereocenters. The summed E-state index contributed by atoms with van der Waals surface area (Å²) in [6, 6.07) is 7.19. The monoisotopic (exact) mass is 389 g/mol. The number of fused-ring (bicyclic) bond motifs is 1. The van der Waals surface area contributed by atoms with Crippen molar-refractivity contribution in [1.29, 1.82) is 0 Å². The Labute approximate surface area is 167 Å². The lowest BCUT2D eigenvalue weighted by Crippen LogP contribution is -2.17. The van der Waals surface area contributed by atoms with Crippen LogP contribution in [0.4, 0.5) is 5.69 Å². The van der Waals surface area contributed by atoms with E-state index in [9.17, 15) is 14.7 Å². The fourth-order valence-corrected chi connectivity index (χ4v) is 3.19. The lowest BCUT2D eigenvalue weighted by Gasteiger charge is -2.19. The molecule has 0 bridgehead atoms. The number of carbonyl (C=O) groups is 2. The minimum absolute atomic E-state index is 0.274. The predicted molar refractivity (Wildman–Crippen MR) is 107 cm³/mol. The van der Waals surface area contributed by atoms with Crippen LogP contribution in [0.15, 0.2) is 76.8 Å². The van der Waals surface area contributed by atoms with Gasteiger partial charge in [0.1, 0.15) is 0 Å². The number of benzene rings is 1. The topological polar surface area (TPSA) is 109 Å². The number of amides is 2. The Hall–Kier alpha value is -3.65. The second-order valence-electron chi connectivity index (χ2n) is 6.90. The molecule has 2 amide bonds. The third kappa shape index (κ3) is 3.97. The van der Waals surface area contributed by atoms with E-state index >= 15 is 0 Å². The van der Waals surface area contributed by atoms with Crippen LogP contribution in [0, 0.1) is 5.92 Å². The number of rotatable bonds is 5. The maximum absolute atomic E-state index is 12.4. The van der Waals surface area contributed by atoms with Gasteiger partial charge in [-0.05, 0) is 24.6 Å². The third-order valence-corrected chi connectivity index (χ3v) is 4.58. The number of hydrogen-bond acceptors (Lipinski definition) is 5. The van der Waals surface area contributed by atoms with Gasteiger partial charge in [0.05, 0.1) is 36.0 Å². The molecule has 8 heteroatoms. The Balaban J connectivity index is 1.50. The largest absolute Gasteiger partial charge is 0.391 e. The normalized spacial score (nSPS) is 18.7. The molecule has 0 saturated carbocycles. The van der Waals surface area contributed by atoms with Crippen molar-refractivity contribution >= 4 is 23.2 Å². The van der Waals surface area contributed by atoms with Gasteiger partial charge in [-0.3, -0.25) is 14.3 Å². The summed E-state index contributed by atoms with van der Waals surface area (Å²) in [7, 11) is 0.